The molecule has 0 aliphatic heterocycles. The predicted octanol–water partition coefficient (Wildman–Crippen LogP) is 1.91. The van der Waals surface area contributed by atoms with Crippen molar-refractivity contribution in [3.05, 3.63) is 29.8 Å². The molecule has 0 bridgehead atoms. The summed E-state index contributed by atoms with van der Waals surface area (Å²) in [5.41, 5.74) is 0.919. The van der Waals surface area contributed by atoms with Crippen LogP contribution < -0.4 is 16.0 Å². The van der Waals surface area contributed by atoms with E-state index in [9.17, 15) is 19.2 Å². The molecule has 1 fully saturated rings. The van der Waals surface area contributed by atoms with Crippen LogP contribution in [0, 0.1) is 5.92 Å². The van der Waals surface area contributed by atoms with E-state index in [1.807, 2.05) is 0 Å². The summed E-state index contributed by atoms with van der Waals surface area (Å²) in [5.74, 6) is -1.48. The van der Waals surface area contributed by atoms with Gasteiger partial charge in [0.1, 0.15) is 0 Å². The van der Waals surface area contributed by atoms with E-state index < -0.39 is 5.97 Å². The third-order valence-corrected chi connectivity index (χ3v) is 4.66. The van der Waals surface area contributed by atoms with Crippen molar-refractivity contribution < 1.29 is 24.3 Å². The third-order valence-electron chi connectivity index (χ3n) is 4.66. The number of carbonyl (C=O) groups excluding carboxylic acids is 3. The van der Waals surface area contributed by atoms with Crippen LogP contribution in [0.1, 0.15) is 55.8 Å². The minimum atomic E-state index is -0.980. The van der Waals surface area contributed by atoms with E-state index in [-0.39, 0.29) is 49.1 Å². The van der Waals surface area contributed by atoms with Gasteiger partial charge in [0, 0.05) is 36.2 Å². The van der Waals surface area contributed by atoms with Crippen molar-refractivity contribution >= 4 is 29.4 Å². The van der Waals surface area contributed by atoms with Gasteiger partial charge in [0.05, 0.1) is 6.42 Å². The van der Waals surface area contributed by atoms with Crippen molar-refractivity contribution in [2.75, 3.05) is 11.9 Å². The average molecular weight is 389 g/mol. The Morgan fingerprint density at radius 2 is 1.75 bits per heavy atom. The number of carbonyl (C=O) groups is 4. The SMILES string of the molecule is CC(CC(=O)Nc1ccc(C(=O)NCCC(=O)O)cc1)NC(=O)C1CCCC1. The van der Waals surface area contributed by atoms with Gasteiger partial charge in [-0.05, 0) is 44.0 Å². The second kappa shape index (κ2) is 10.4. The van der Waals surface area contributed by atoms with E-state index in [2.05, 4.69) is 16.0 Å². The fourth-order valence-electron chi connectivity index (χ4n) is 3.18. The van der Waals surface area contributed by atoms with E-state index in [1.54, 1.807) is 31.2 Å². The Bertz CT molecular complexity index is 711. The molecule has 1 aromatic carbocycles. The summed E-state index contributed by atoms with van der Waals surface area (Å²) in [5, 5.41) is 16.7. The van der Waals surface area contributed by atoms with Crippen molar-refractivity contribution in [3.63, 3.8) is 0 Å². The molecule has 1 saturated carbocycles. The van der Waals surface area contributed by atoms with Crippen molar-refractivity contribution in [1.82, 2.24) is 10.6 Å². The first-order valence-corrected chi connectivity index (χ1v) is 9.55. The van der Waals surface area contributed by atoms with Gasteiger partial charge >= 0.3 is 5.97 Å². The molecule has 4 N–H and O–H groups in total. The van der Waals surface area contributed by atoms with Crippen LogP contribution in [0.2, 0.25) is 0 Å². The average Bonchev–Trinajstić information content (AvgIpc) is 3.16. The molecule has 28 heavy (non-hydrogen) atoms. The van der Waals surface area contributed by atoms with E-state index in [4.69, 9.17) is 5.11 Å². The Kier molecular flexibility index (Phi) is 7.98. The maximum absolute atomic E-state index is 12.2. The van der Waals surface area contributed by atoms with Gasteiger partial charge in [-0.1, -0.05) is 12.8 Å². The van der Waals surface area contributed by atoms with Crippen molar-refractivity contribution in [1.29, 1.82) is 0 Å². The summed E-state index contributed by atoms with van der Waals surface area (Å²) < 4.78 is 0. The standard InChI is InChI=1S/C20H27N3O5/c1-13(22-20(28)14-4-2-3-5-14)12-17(24)23-16-8-6-15(7-9-16)19(27)21-11-10-18(25)26/h6-9,13-14H,2-5,10-12H2,1H3,(H,21,27)(H,22,28)(H,23,24)(H,25,26). The van der Waals surface area contributed by atoms with Crippen LogP contribution in [-0.2, 0) is 14.4 Å². The molecule has 1 aromatic rings. The summed E-state index contributed by atoms with van der Waals surface area (Å²) in [4.78, 5) is 46.6. The molecule has 1 unspecified atom stereocenters. The summed E-state index contributed by atoms with van der Waals surface area (Å²) >= 11 is 0. The highest BCUT2D eigenvalue weighted by Gasteiger charge is 2.24. The Labute approximate surface area is 164 Å². The van der Waals surface area contributed by atoms with Crippen LogP contribution in [0.15, 0.2) is 24.3 Å². The maximum atomic E-state index is 12.2. The number of carboxylic acid groups (broad SMARTS) is 1. The number of benzene rings is 1. The normalized spacial score (nSPS) is 14.9. The summed E-state index contributed by atoms with van der Waals surface area (Å²) in [6.45, 7) is 1.86. The quantitative estimate of drug-likeness (QED) is 0.513. The molecule has 2 rings (SSSR count). The third kappa shape index (κ3) is 7.02. The molecule has 3 amide bonds. The van der Waals surface area contributed by atoms with Crippen LogP contribution in [-0.4, -0.2) is 41.4 Å². The monoisotopic (exact) mass is 389 g/mol. The lowest BCUT2D eigenvalue weighted by Crippen LogP contribution is -2.38. The van der Waals surface area contributed by atoms with Crippen LogP contribution in [0.4, 0.5) is 5.69 Å². The summed E-state index contributed by atoms with van der Waals surface area (Å²) in [6, 6.07) is 6.05. The Balaban J connectivity index is 1.76. The van der Waals surface area contributed by atoms with Crippen molar-refractivity contribution in [2.45, 2.75) is 51.5 Å². The van der Waals surface area contributed by atoms with Gasteiger partial charge < -0.3 is 21.1 Å². The summed E-state index contributed by atoms with van der Waals surface area (Å²) in [7, 11) is 0. The zero-order valence-corrected chi connectivity index (χ0v) is 16.0. The molecular formula is C20H27N3O5. The van der Waals surface area contributed by atoms with Gasteiger partial charge in [-0.25, -0.2) is 0 Å². The molecular weight excluding hydrogens is 362 g/mol. The number of anilines is 1. The van der Waals surface area contributed by atoms with Crippen LogP contribution in [0.3, 0.4) is 0 Å². The zero-order valence-electron chi connectivity index (χ0n) is 16.0. The van der Waals surface area contributed by atoms with Gasteiger partial charge in [0.15, 0.2) is 0 Å². The van der Waals surface area contributed by atoms with Gasteiger partial charge in [0.2, 0.25) is 11.8 Å². The molecule has 0 heterocycles. The van der Waals surface area contributed by atoms with Crippen molar-refractivity contribution in [2.24, 2.45) is 5.92 Å². The number of carboxylic acids is 1. The number of rotatable bonds is 9. The van der Waals surface area contributed by atoms with Crippen LogP contribution >= 0.6 is 0 Å². The minimum absolute atomic E-state index is 0.0241. The van der Waals surface area contributed by atoms with Crippen molar-refractivity contribution in [3.8, 4) is 0 Å². The lowest BCUT2D eigenvalue weighted by molar-refractivity contribution is -0.136. The van der Waals surface area contributed by atoms with Crippen LogP contribution in [0.25, 0.3) is 0 Å². The number of amides is 3. The lowest BCUT2D eigenvalue weighted by Gasteiger charge is -2.16. The Hall–Kier alpha value is -2.90. The first-order valence-electron chi connectivity index (χ1n) is 9.55. The van der Waals surface area contributed by atoms with Gasteiger partial charge in [-0.3, -0.25) is 19.2 Å². The fraction of sp³-hybridized carbons (Fsp3) is 0.500. The topological polar surface area (TPSA) is 125 Å². The molecule has 0 radical (unpaired) electrons. The zero-order chi connectivity index (χ0) is 20.5. The second-order valence-corrected chi connectivity index (χ2v) is 7.12. The highest BCUT2D eigenvalue weighted by Crippen LogP contribution is 2.24. The molecule has 0 spiro atoms. The van der Waals surface area contributed by atoms with Crippen LogP contribution in [0.5, 0.6) is 0 Å². The molecule has 1 atom stereocenters. The van der Waals surface area contributed by atoms with Gasteiger partial charge in [-0.2, -0.15) is 0 Å². The smallest absolute Gasteiger partial charge is 0.305 e. The molecule has 8 nitrogen and oxygen atoms in total. The number of hydrogen-bond donors (Lipinski definition) is 4. The molecule has 152 valence electrons. The lowest BCUT2D eigenvalue weighted by atomic mass is 10.1. The Morgan fingerprint density at radius 1 is 1.11 bits per heavy atom. The minimum Gasteiger partial charge on any atom is -0.481 e. The first-order chi connectivity index (χ1) is 13.3. The summed E-state index contributed by atoms with van der Waals surface area (Å²) in [6.07, 6.45) is 4.02. The van der Waals surface area contributed by atoms with Gasteiger partial charge in [-0.15, -0.1) is 0 Å². The number of hydrogen-bond acceptors (Lipinski definition) is 4. The first kappa shape index (κ1) is 21.4. The largest absolute Gasteiger partial charge is 0.481 e. The second-order valence-electron chi connectivity index (χ2n) is 7.12. The Morgan fingerprint density at radius 3 is 2.36 bits per heavy atom. The predicted molar refractivity (Wildman–Crippen MR) is 104 cm³/mol. The number of aliphatic carboxylic acids is 1. The van der Waals surface area contributed by atoms with E-state index in [0.29, 0.717) is 11.3 Å². The highest BCUT2D eigenvalue weighted by atomic mass is 16.4. The fourth-order valence-corrected chi connectivity index (χ4v) is 3.18. The molecule has 0 saturated heterocycles. The molecule has 8 heteroatoms. The maximum Gasteiger partial charge on any atom is 0.305 e. The van der Waals surface area contributed by atoms with E-state index >= 15 is 0 Å². The number of nitrogens with one attached hydrogen (secondary N) is 3. The molecule has 1 aliphatic carbocycles. The van der Waals surface area contributed by atoms with Gasteiger partial charge in [0.25, 0.3) is 5.91 Å². The highest BCUT2D eigenvalue weighted by molar-refractivity contribution is 5.96. The molecule has 0 aromatic heterocycles. The van der Waals surface area contributed by atoms with E-state index in [1.165, 1.54) is 0 Å². The van der Waals surface area contributed by atoms with E-state index in [0.717, 1.165) is 25.7 Å². The molecule has 1 aliphatic rings.